The van der Waals surface area contributed by atoms with Crippen molar-refractivity contribution >= 4 is 29.0 Å². The molecule has 4 rings (SSSR count). The molecule has 0 unspecified atom stereocenters. The van der Waals surface area contributed by atoms with E-state index < -0.39 is 0 Å². The number of ether oxygens (including phenoxy) is 1. The highest BCUT2D eigenvalue weighted by Crippen LogP contribution is 2.30. The Kier molecular flexibility index (Phi) is 5.02. The predicted molar refractivity (Wildman–Crippen MR) is 103 cm³/mol. The topological polar surface area (TPSA) is 83.6 Å². The molecule has 7 nitrogen and oxygen atoms in total. The van der Waals surface area contributed by atoms with Crippen LogP contribution in [0.3, 0.4) is 0 Å². The van der Waals surface area contributed by atoms with Crippen molar-refractivity contribution in [1.29, 1.82) is 0 Å². The fourth-order valence-electron chi connectivity index (χ4n) is 2.94. The minimum atomic E-state index is -0.212. The number of nitrogens with one attached hydrogen (secondary N) is 2. The van der Waals surface area contributed by atoms with Gasteiger partial charge in [-0.3, -0.25) is 9.59 Å². The van der Waals surface area contributed by atoms with Crippen LogP contribution < -0.4 is 15.5 Å². The summed E-state index contributed by atoms with van der Waals surface area (Å²) >= 11 is 0. The van der Waals surface area contributed by atoms with E-state index in [1.807, 2.05) is 12.1 Å². The maximum absolute atomic E-state index is 12.4. The van der Waals surface area contributed by atoms with Crippen LogP contribution in [0, 0.1) is 5.92 Å². The fourth-order valence-corrected chi connectivity index (χ4v) is 2.94. The Bertz CT molecular complexity index is 810. The van der Waals surface area contributed by atoms with E-state index in [4.69, 9.17) is 4.74 Å². The van der Waals surface area contributed by atoms with Gasteiger partial charge in [-0.2, -0.15) is 0 Å². The molecule has 2 amide bonds. The van der Waals surface area contributed by atoms with Gasteiger partial charge in [-0.1, -0.05) is 0 Å². The lowest BCUT2D eigenvalue weighted by atomic mass is 10.2. The van der Waals surface area contributed by atoms with Gasteiger partial charge in [0.05, 0.1) is 25.1 Å². The summed E-state index contributed by atoms with van der Waals surface area (Å²) in [6, 6.07) is 10.6. The molecule has 1 aliphatic carbocycles. The van der Waals surface area contributed by atoms with Crippen LogP contribution in [0.15, 0.2) is 42.6 Å². The van der Waals surface area contributed by atoms with Crippen molar-refractivity contribution in [3.8, 4) is 0 Å². The Morgan fingerprint density at radius 1 is 0.963 bits per heavy atom. The number of carbonyl (C=O) groups is 2. The molecule has 1 saturated heterocycles. The van der Waals surface area contributed by atoms with Gasteiger partial charge in [-0.15, -0.1) is 0 Å². The normalized spacial score (nSPS) is 16.7. The number of pyridine rings is 1. The van der Waals surface area contributed by atoms with Crippen LogP contribution in [0.4, 0.5) is 17.2 Å². The summed E-state index contributed by atoms with van der Waals surface area (Å²) in [6.07, 6.45) is 3.59. The molecule has 0 bridgehead atoms. The minimum absolute atomic E-state index is 0.0543. The Hall–Kier alpha value is -2.93. The number of benzene rings is 1. The smallest absolute Gasteiger partial charge is 0.255 e. The first kappa shape index (κ1) is 17.5. The van der Waals surface area contributed by atoms with Crippen molar-refractivity contribution in [3.05, 3.63) is 48.2 Å². The molecule has 1 aliphatic heterocycles. The zero-order valence-electron chi connectivity index (χ0n) is 15.0. The molecule has 27 heavy (non-hydrogen) atoms. The predicted octanol–water partition coefficient (Wildman–Crippen LogP) is 2.52. The third-order valence-electron chi connectivity index (χ3n) is 4.70. The average molecular weight is 366 g/mol. The fraction of sp³-hybridized carbons (Fsp3) is 0.350. The second-order valence-corrected chi connectivity index (χ2v) is 6.80. The highest BCUT2D eigenvalue weighted by Gasteiger charge is 2.29. The van der Waals surface area contributed by atoms with E-state index >= 15 is 0 Å². The Morgan fingerprint density at radius 3 is 2.30 bits per heavy atom. The van der Waals surface area contributed by atoms with Crippen molar-refractivity contribution in [3.63, 3.8) is 0 Å². The van der Waals surface area contributed by atoms with Gasteiger partial charge in [0, 0.05) is 30.3 Å². The molecule has 2 heterocycles. The summed E-state index contributed by atoms with van der Waals surface area (Å²) < 4.78 is 5.34. The second-order valence-electron chi connectivity index (χ2n) is 6.80. The molecule has 1 saturated carbocycles. The lowest BCUT2D eigenvalue weighted by molar-refractivity contribution is -0.117. The molecular formula is C20H22N4O3. The molecule has 2 N–H and O–H groups in total. The van der Waals surface area contributed by atoms with Gasteiger partial charge in [0.25, 0.3) is 5.91 Å². The van der Waals surface area contributed by atoms with Crippen LogP contribution in [-0.4, -0.2) is 43.1 Å². The highest BCUT2D eigenvalue weighted by molar-refractivity contribution is 6.04. The number of nitrogens with zero attached hydrogens (tertiary/aromatic N) is 2. The van der Waals surface area contributed by atoms with Gasteiger partial charge >= 0.3 is 0 Å². The molecule has 2 aliphatic rings. The lowest BCUT2D eigenvalue weighted by Gasteiger charge is -2.27. The molecule has 0 atom stereocenters. The van der Waals surface area contributed by atoms with Gasteiger partial charge < -0.3 is 20.3 Å². The van der Waals surface area contributed by atoms with Crippen molar-refractivity contribution < 1.29 is 14.3 Å². The van der Waals surface area contributed by atoms with Crippen molar-refractivity contribution in [1.82, 2.24) is 4.98 Å². The van der Waals surface area contributed by atoms with Gasteiger partial charge in [0.1, 0.15) is 5.82 Å². The molecule has 2 aromatic rings. The van der Waals surface area contributed by atoms with Crippen molar-refractivity contribution in [2.45, 2.75) is 12.8 Å². The average Bonchev–Trinajstić information content (AvgIpc) is 3.55. The van der Waals surface area contributed by atoms with E-state index in [9.17, 15) is 9.59 Å². The van der Waals surface area contributed by atoms with Gasteiger partial charge in [-0.25, -0.2) is 4.98 Å². The molecule has 1 aromatic heterocycles. The van der Waals surface area contributed by atoms with E-state index in [0.717, 1.165) is 31.7 Å². The number of hydrogen-bond acceptors (Lipinski definition) is 5. The first-order valence-electron chi connectivity index (χ1n) is 9.20. The molecule has 0 radical (unpaired) electrons. The zero-order chi connectivity index (χ0) is 18.6. The number of carbonyl (C=O) groups excluding carboxylic acids is 2. The van der Waals surface area contributed by atoms with Crippen LogP contribution in [0.2, 0.25) is 0 Å². The van der Waals surface area contributed by atoms with Crippen LogP contribution >= 0.6 is 0 Å². The summed E-state index contributed by atoms with van der Waals surface area (Å²) in [5.41, 5.74) is 1.87. The Balaban J connectivity index is 1.34. The number of rotatable bonds is 5. The number of morpholine rings is 1. The van der Waals surface area contributed by atoms with E-state index in [1.54, 1.807) is 30.5 Å². The largest absolute Gasteiger partial charge is 0.378 e. The summed E-state index contributed by atoms with van der Waals surface area (Å²) in [5, 5.41) is 5.71. The number of aromatic nitrogens is 1. The van der Waals surface area contributed by atoms with Crippen LogP contribution in [0.25, 0.3) is 0 Å². The van der Waals surface area contributed by atoms with Gasteiger partial charge in [-0.05, 0) is 49.2 Å². The maximum atomic E-state index is 12.4. The van der Waals surface area contributed by atoms with Gasteiger partial charge in [0.15, 0.2) is 0 Å². The summed E-state index contributed by atoms with van der Waals surface area (Å²) in [6.45, 7) is 3.05. The second kappa shape index (κ2) is 7.75. The summed E-state index contributed by atoms with van der Waals surface area (Å²) in [7, 11) is 0. The van der Waals surface area contributed by atoms with E-state index in [1.165, 1.54) is 0 Å². The number of anilines is 3. The van der Waals surface area contributed by atoms with Crippen LogP contribution in [-0.2, 0) is 9.53 Å². The first-order valence-corrected chi connectivity index (χ1v) is 9.20. The monoisotopic (exact) mass is 366 g/mol. The maximum Gasteiger partial charge on any atom is 0.255 e. The van der Waals surface area contributed by atoms with Crippen LogP contribution in [0.1, 0.15) is 23.2 Å². The van der Waals surface area contributed by atoms with Crippen LogP contribution in [0.5, 0.6) is 0 Å². The Morgan fingerprint density at radius 2 is 1.67 bits per heavy atom. The molecule has 7 heteroatoms. The van der Waals surface area contributed by atoms with E-state index in [0.29, 0.717) is 30.2 Å². The third kappa shape index (κ3) is 4.43. The summed E-state index contributed by atoms with van der Waals surface area (Å²) in [5.74, 6) is 0.877. The molecule has 2 fully saturated rings. The quantitative estimate of drug-likeness (QED) is 0.850. The number of amides is 2. The van der Waals surface area contributed by atoms with E-state index in [-0.39, 0.29) is 17.7 Å². The molecule has 1 aromatic carbocycles. The highest BCUT2D eigenvalue weighted by atomic mass is 16.5. The van der Waals surface area contributed by atoms with Crippen molar-refractivity contribution in [2.24, 2.45) is 5.92 Å². The SMILES string of the molecule is O=C(Nc1ccc(N2CCOCC2)nc1)c1ccc(NC(=O)C2CC2)cc1. The zero-order valence-corrected chi connectivity index (χ0v) is 15.0. The molecule has 0 spiro atoms. The van der Waals surface area contributed by atoms with Gasteiger partial charge in [0.2, 0.25) is 5.91 Å². The Labute approximate surface area is 157 Å². The standard InChI is InChI=1S/C20H22N4O3/c25-19(14-1-2-14)22-16-5-3-15(4-6-16)20(26)23-17-7-8-18(21-13-17)24-9-11-27-12-10-24/h3-8,13-14H,1-2,9-12H2,(H,22,25)(H,23,26). The number of hydrogen-bond donors (Lipinski definition) is 2. The summed E-state index contributed by atoms with van der Waals surface area (Å²) in [4.78, 5) is 30.8. The lowest BCUT2D eigenvalue weighted by Crippen LogP contribution is -2.36. The molecule has 140 valence electrons. The van der Waals surface area contributed by atoms with Crippen molar-refractivity contribution in [2.75, 3.05) is 41.8 Å². The minimum Gasteiger partial charge on any atom is -0.378 e. The molecular weight excluding hydrogens is 344 g/mol. The first-order chi connectivity index (χ1) is 13.2. The van der Waals surface area contributed by atoms with E-state index in [2.05, 4.69) is 20.5 Å². The third-order valence-corrected chi connectivity index (χ3v) is 4.70.